The van der Waals surface area contributed by atoms with Crippen LogP contribution in [0.3, 0.4) is 0 Å². The minimum absolute atomic E-state index is 0.0851. The second kappa shape index (κ2) is 7.94. The number of aliphatic hydroxyl groups excluding tert-OH is 1. The molecule has 1 aliphatic heterocycles. The molecule has 2 heterocycles. The van der Waals surface area contributed by atoms with Gasteiger partial charge in [0, 0.05) is 11.8 Å². The molecule has 1 aromatic heterocycles. The Balaban J connectivity index is 2.37. The summed E-state index contributed by atoms with van der Waals surface area (Å²) in [5.74, 6) is -1.71. The van der Waals surface area contributed by atoms with Crippen LogP contribution in [-0.2, 0) is 29.0 Å². The topological polar surface area (TPSA) is 129 Å². The van der Waals surface area contributed by atoms with Crippen LogP contribution in [0.2, 0.25) is 0 Å². The number of H-pyrrole nitrogens is 1. The molecule has 1 fully saturated rings. The van der Waals surface area contributed by atoms with Gasteiger partial charge in [-0.15, -0.1) is 0 Å². The molecule has 0 saturated carbocycles. The van der Waals surface area contributed by atoms with Crippen molar-refractivity contribution in [1.82, 2.24) is 9.55 Å². The first kappa shape index (κ1) is 20.0. The Morgan fingerprint density at radius 1 is 1.40 bits per heavy atom. The molecule has 0 bridgehead atoms. The second-order valence-corrected chi connectivity index (χ2v) is 7.54. The Bertz CT molecular complexity index is 750. The average molecular weight is 378 g/mol. The zero-order valence-electron chi connectivity index (χ0n) is 14.4. The van der Waals surface area contributed by atoms with Crippen LogP contribution in [0.25, 0.3) is 0 Å². The number of ether oxygens (including phenoxy) is 2. The highest BCUT2D eigenvalue weighted by atomic mass is 31.2. The molecule has 0 spiro atoms. The highest BCUT2D eigenvalue weighted by Crippen LogP contribution is 2.50. The summed E-state index contributed by atoms with van der Waals surface area (Å²) in [6, 6.07) is 0. The fourth-order valence-corrected chi connectivity index (χ4v) is 3.86. The van der Waals surface area contributed by atoms with Crippen molar-refractivity contribution in [2.75, 3.05) is 26.2 Å². The number of nitrogens with one attached hydrogen (secondary N) is 1. The molecule has 0 unspecified atom stereocenters. The standard InChI is InChI=1S/C14H23N2O8P/c1-4-23-25(20,24-5-2)9-22-14(6-11(17)8-21-14)16-7-10(3)12(18)15-13(16)19/h7,11,17H,4-6,8-9H2,1-3H3,(H,15,18,19)/t11-,14-/m0/s1. The SMILES string of the molecule is CCOP(=O)(CO[C@]1(n2cc(C)c(=O)[nH]c2=O)C[C@H](O)CO1)OCC. The van der Waals surface area contributed by atoms with Crippen molar-refractivity contribution in [1.29, 1.82) is 0 Å². The highest BCUT2D eigenvalue weighted by molar-refractivity contribution is 7.53. The number of nitrogens with zero attached hydrogens (tertiary/aromatic N) is 1. The van der Waals surface area contributed by atoms with Crippen molar-refractivity contribution >= 4 is 7.60 Å². The number of rotatable bonds is 8. The van der Waals surface area contributed by atoms with Gasteiger partial charge in [0.2, 0.25) is 0 Å². The third kappa shape index (κ3) is 4.46. The number of aromatic nitrogens is 2. The maximum absolute atomic E-state index is 12.6. The van der Waals surface area contributed by atoms with E-state index in [2.05, 4.69) is 4.98 Å². The molecule has 0 amide bonds. The van der Waals surface area contributed by atoms with Gasteiger partial charge in [-0.1, -0.05) is 0 Å². The van der Waals surface area contributed by atoms with Crippen molar-refractivity contribution in [2.24, 2.45) is 0 Å². The van der Waals surface area contributed by atoms with Crippen LogP contribution in [0.4, 0.5) is 0 Å². The van der Waals surface area contributed by atoms with Gasteiger partial charge in [-0.25, -0.2) is 9.36 Å². The summed E-state index contributed by atoms with van der Waals surface area (Å²) >= 11 is 0. The summed E-state index contributed by atoms with van der Waals surface area (Å²) in [4.78, 5) is 25.9. The van der Waals surface area contributed by atoms with Crippen molar-refractivity contribution in [3.05, 3.63) is 32.6 Å². The number of aliphatic hydroxyl groups is 1. The predicted octanol–water partition coefficient (Wildman–Crippen LogP) is 0.477. The minimum atomic E-state index is -3.56. The monoisotopic (exact) mass is 378 g/mol. The van der Waals surface area contributed by atoms with E-state index in [0.29, 0.717) is 0 Å². The van der Waals surface area contributed by atoms with E-state index in [9.17, 15) is 19.3 Å². The van der Waals surface area contributed by atoms with E-state index in [1.165, 1.54) is 13.1 Å². The minimum Gasteiger partial charge on any atom is -0.390 e. The molecule has 2 rings (SSSR count). The Hall–Kier alpha value is -1.29. The molecular formula is C14H23N2O8P. The average Bonchev–Trinajstić information content (AvgIpc) is 2.92. The molecule has 25 heavy (non-hydrogen) atoms. The van der Waals surface area contributed by atoms with Crippen LogP contribution < -0.4 is 11.2 Å². The molecule has 0 radical (unpaired) electrons. The third-order valence-corrected chi connectivity index (χ3v) is 5.33. The van der Waals surface area contributed by atoms with Gasteiger partial charge < -0.3 is 23.6 Å². The van der Waals surface area contributed by atoms with Crippen LogP contribution >= 0.6 is 7.60 Å². The van der Waals surface area contributed by atoms with Crippen LogP contribution in [0.1, 0.15) is 25.8 Å². The summed E-state index contributed by atoms with van der Waals surface area (Å²) < 4.78 is 35.1. The molecule has 0 aromatic carbocycles. The lowest BCUT2D eigenvalue weighted by molar-refractivity contribution is -0.264. The number of hydrogen-bond acceptors (Lipinski definition) is 8. The number of aromatic amines is 1. The normalized spacial score (nSPS) is 23.9. The van der Waals surface area contributed by atoms with Gasteiger partial charge in [0.25, 0.3) is 11.5 Å². The van der Waals surface area contributed by atoms with E-state index in [4.69, 9.17) is 18.5 Å². The van der Waals surface area contributed by atoms with Gasteiger partial charge in [-0.2, -0.15) is 0 Å². The zero-order chi connectivity index (χ0) is 18.7. The lowest BCUT2D eigenvalue weighted by Crippen LogP contribution is -2.46. The van der Waals surface area contributed by atoms with Crippen LogP contribution in [0, 0.1) is 6.92 Å². The van der Waals surface area contributed by atoms with Crippen molar-refractivity contribution < 1.29 is 28.2 Å². The van der Waals surface area contributed by atoms with Crippen molar-refractivity contribution in [2.45, 2.75) is 39.2 Å². The molecule has 2 N–H and O–H groups in total. The van der Waals surface area contributed by atoms with Gasteiger partial charge in [-0.3, -0.25) is 14.3 Å². The molecule has 2 atom stereocenters. The van der Waals surface area contributed by atoms with Crippen LogP contribution in [0.5, 0.6) is 0 Å². The maximum atomic E-state index is 12.6. The Morgan fingerprint density at radius 2 is 2.04 bits per heavy atom. The number of aryl methyl sites for hydroxylation is 1. The number of hydrogen-bond donors (Lipinski definition) is 2. The zero-order valence-corrected chi connectivity index (χ0v) is 15.3. The van der Waals surface area contributed by atoms with Gasteiger partial charge >= 0.3 is 13.3 Å². The Kier molecular flexibility index (Phi) is 6.36. The summed E-state index contributed by atoms with van der Waals surface area (Å²) in [7, 11) is -3.56. The summed E-state index contributed by atoms with van der Waals surface area (Å²) in [6.07, 6.45) is -0.188. The predicted molar refractivity (Wildman–Crippen MR) is 87.4 cm³/mol. The molecule has 10 nitrogen and oxygen atoms in total. The van der Waals surface area contributed by atoms with E-state index in [-0.39, 0.29) is 31.8 Å². The fourth-order valence-electron chi connectivity index (χ4n) is 2.49. The van der Waals surface area contributed by atoms with Crippen molar-refractivity contribution in [3.63, 3.8) is 0 Å². The summed E-state index contributed by atoms with van der Waals surface area (Å²) in [5.41, 5.74) is -1.05. The Labute approximate surface area is 144 Å². The summed E-state index contributed by atoms with van der Waals surface area (Å²) in [6.45, 7) is 5.04. The molecule has 0 aliphatic carbocycles. The lowest BCUT2D eigenvalue weighted by atomic mass is 10.2. The first-order valence-corrected chi connectivity index (χ1v) is 9.65. The quantitative estimate of drug-likeness (QED) is 0.625. The van der Waals surface area contributed by atoms with Crippen molar-refractivity contribution in [3.8, 4) is 0 Å². The van der Waals surface area contributed by atoms with Crippen LogP contribution in [-0.4, -0.2) is 46.9 Å². The third-order valence-electron chi connectivity index (χ3n) is 3.58. The lowest BCUT2D eigenvalue weighted by Gasteiger charge is -2.31. The fraction of sp³-hybridized carbons (Fsp3) is 0.714. The Morgan fingerprint density at radius 3 is 2.56 bits per heavy atom. The smallest absolute Gasteiger partial charge is 0.356 e. The molecule has 11 heteroatoms. The molecular weight excluding hydrogens is 355 g/mol. The van der Waals surface area contributed by atoms with Gasteiger partial charge in [0.15, 0.2) is 6.35 Å². The molecule has 1 aliphatic rings. The van der Waals surface area contributed by atoms with Crippen LogP contribution in [0.15, 0.2) is 15.8 Å². The first-order chi connectivity index (χ1) is 11.7. The van der Waals surface area contributed by atoms with E-state index < -0.39 is 37.2 Å². The van der Waals surface area contributed by atoms with E-state index in [1.54, 1.807) is 13.8 Å². The van der Waals surface area contributed by atoms with Gasteiger partial charge in [0.1, 0.15) is 0 Å². The molecule has 1 aromatic rings. The van der Waals surface area contributed by atoms with E-state index in [1.807, 2.05) is 0 Å². The maximum Gasteiger partial charge on any atom is 0.356 e. The summed E-state index contributed by atoms with van der Waals surface area (Å²) in [5, 5.41) is 9.85. The van der Waals surface area contributed by atoms with Gasteiger partial charge in [-0.05, 0) is 20.8 Å². The highest BCUT2D eigenvalue weighted by Gasteiger charge is 2.46. The van der Waals surface area contributed by atoms with E-state index in [0.717, 1.165) is 4.57 Å². The van der Waals surface area contributed by atoms with Gasteiger partial charge in [0.05, 0.1) is 32.3 Å². The first-order valence-electron chi connectivity index (χ1n) is 7.92. The molecule has 1 saturated heterocycles. The second-order valence-electron chi connectivity index (χ2n) is 5.54. The molecule has 142 valence electrons. The largest absolute Gasteiger partial charge is 0.390 e. The van der Waals surface area contributed by atoms with E-state index >= 15 is 0 Å².